The molecule has 1 heterocycles. The molecule has 0 saturated heterocycles. The topological polar surface area (TPSA) is 37.8 Å². The van der Waals surface area contributed by atoms with E-state index in [0.29, 0.717) is 5.41 Å². The summed E-state index contributed by atoms with van der Waals surface area (Å²) in [4.78, 5) is 9.15. The maximum absolute atomic E-state index is 4.67. The Hall–Kier alpha value is -0.640. The van der Waals surface area contributed by atoms with Gasteiger partial charge in [0.05, 0.1) is 0 Å². The van der Waals surface area contributed by atoms with E-state index >= 15 is 0 Å². The molecule has 0 unspecified atom stereocenters. The molecule has 0 radical (unpaired) electrons. The lowest BCUT2D eigenvalue weighted by atomic mass is 9.76. The van der Waals surface area contributed by atoms with Gasteiger partial charge in [-0.05, 0) is 34.2 Å². The van der Waals surface area contributed by atoms with Crippen molar-refractivity contribution in [1.82, 2.24) is 9.97 Å². The van der Waals surface area contributed by atoms with Gasteiger partial charge in [0.15, 0.2) is 0 Å². The van der Waals surface area contributed by atoms with Gasteiger partial charge in [-0.1, -0.05) is 47.0 Å². The molecule has 0 atom stereocenters. The van der Waals surface area contributed by atoms with Gasteiger partial charge in [-0.15, -0.1) is 0 Å². The molecule has 1 aromatic heterocycles. The Morgan fingerprint density at radius 1 is 1.20 bits per heavy atom. The van der Waals surface area contributed by atoms with Crippen molar-refractivity contribution in [2.24, 2.45) is 5.41 Å². The second kappa shape index (κ2) is 6.00. The highest BCUT2D eigenvalue weighted by atomic mass is 79.9. The first-order valence-electron chi connectivity index (χ1n) is 7.57. The molecule has 4 heteroatoms. The number of aromatic nitrogens is 2. The molecule has 0 amide bonds. The molecule has 1 N–H and O–H groups in total. The van der Waals surface area contributed by atoms with Crippen molar-refractivity contribution in [2.45, 2.75) is 65.2 Å². The molecule has 0 aliphatic heterocycles. The van der Waals surface area contributed by atoms with Gasteiger partial charge in [-0.25, -0.2) is 9.97 Å². The maximum Gasteiger partial charge on any atom is 0.137 e. The Kier molecular flexibility index (Phi) is 4.73. The van der Waals surface area contributed by atoms with Crippen molar-refractivity contribution in [2.75, 3.05) is 11.9 Å². The summed E-state index contributed by atoms with van der Waals surface area (Å²) in [5.74, 6) is 1.81. The predicted molar refractivity (Wildman–Crippen MR) is 88.1 cm³/mol. The maximum atomic E-state index is 4.67. The number of halogens is 1. The Bertz CT molecular complexity index is 459. The fourth-order valence-corrected chi connectivity index (χ4v) is 3.11. The van der Waals surface area contributed by atoms with Crippen LogP contribution in [0.3, 0.4) is 0 Å². The number of hydrogen-bond donors (Lipinski definition) is 1. The summed E-state index contributed by atoms with van der Waals surface area (Å²) < 4.78 is 0.855. The second-order valence-corrected chi connectivity index (χ2v) is 8.19. The van der Waals surface area contributed by atoms with Crippen LogP contribution in [0.2, 0.25) is 0 Å². The number of nitrogens with zero attached hydrogens (tertiary/aromatic N) is 2. The van der Waals surface area contributed by atoms with Crippen LogP contribution in [0.4, 0.5) is 5.82 Å². The largest absolute Gasteiger partial charge is 0.369 e. The quantitative estimate of drug-likeness (QED) is 0.794. The molecule has 0 bridgehead atoms. The first kappa shape index (κ1) is 15.7. The van der Waals surface area contributed by atoms with Crippen LogP contribution < -0.4 is 5.32 Å². The van der Waals surface area contributed by atoms with E-state index in [0.717, 1.165) is 22.8 Å². The fourth-order valence-electron chi connectivity index (χ4n) is 2.73. The summed E-state index contributed by atoms with van der Waals surface area (Å²) in [7, 11) is 0. The third-order valence-corrected chi connectivity index (χ3v) is 4.53. The van der Waals surface area contributed by atoms with Crippen molar-refractivity contribution in [3.63, 3.8) is 0 Å². The summed E-state index contributed by atoms with van der Waals surface area (Å²) in [6, 6.07) is 1.97. The zero-order valence-electron chi connectivity index (χ0n) is 13.1. The summed E-state index contributed by atoms with van der Waals surface area (Å²) in [5, 5.41) is 3.53. The van der Waals surface area contributed by atoms with Gasteiger partial charge in [0, 0.05) is 18.0 Å². The predicted octanol–water partition coefficient (Wildman–Crippen LogP) is 4.92. The third-order valence-electron chi connectivity index (χ3n) is 4.12. The molecule has 112 valence electrons. The molecule has 1 aliphatic carbocycles. The Morgan fingerprint density at radius 2 is 1.85 bits per heavy atom. The molecule has 1 aliphatic rings. The summed E-state index contributed by atoms with van der Waals surface area (Å²) >= 11 is 3.49. The van der Waals surface area contributed by atoms with Gasteiger partial charge >= 0.3 is 0 Å². The summed E-state index contributed by atoms with van der Waals surface area (Å²) in [5.41, 5.74) is 0.381. The molecule has 0 aromatic carbocycles. The van der Waals surface area contributed by atoms with Crippen molar-refractivity contribution in [1.29, 1.82) is 0 Å². The average Bonchev–Trinajstić information content (AvgIpc) is 2.36. The zero-order chi connectivity index (χ0) is 14.8. The average molecular weight is 340 g/mol. The van der Waals surface area contributed by atoms with E-state index in [1.807, 2.05) is 6.07 Å². The molecule has 1 aromatic rings. The third kappa shape index (κ3) is 4.18. The molecule has 2 rings (SSSR count). The second-order valence-electron chi connectivity index (χ2n) is 7.37. The van der Waals surface area contributed by atoms with Crippen LogP contribution in [0.5, 0.6) is 0 Å². The number of nitrogens with one attached hydrogen (secondary N) is 1. The van der Waals surface area contributed by atoms with E-state index in [1.165, 1.54) is 32.1 Å². The van der Waals surface area contributed by atoms with Crippen LogP contribution in [0.15, 0.2) is 10.7 Å². The first-order chi connectivity index (χ1) is 9.28. The Balaban J connectivity index is 2.07. The lowest BCUT2D eigenvalue weighted by Crippen LogP contribution is -2.29. The molecular formula is C16H26BrN3. The van der Waals surface area contributed by atoms with Gasteiger partial charge in [-0.3, -0.25) is 0 Å². The number of rotatable bonds is 3. The highest BCUT2D eigenvalue weighted by Gasteiger charge is 2.27. The standard InChI is InChI=1S/C16H26BrN3/c1-15(2,3)14-19-12(17)10-13(20-14)18-11-16(4)8-6-5-7-9-16/h10H,5-9,11H2,1-4H3,(H,18,19,20). The summed E-state index contributed by atoms with van der Waals surface area (Å²) in [6.45, 7) is 9.81. The molecule has 1 fully saturated rings. The Labute approximate surface area is 131 Å². The van der Waals surface area contributed by atoms with E-state index in [-0.39, 0.29) is 5.41 Å². The Morgan fingerprint density at radius 3 is 2.45 bits per heavy atom. The van der Waals surface area contributed by atoms with Crippen molar-refractivity contribution >= 4 is 21.7 Å². The highest BCUT2D eigenvalue weighted by molar-refractivity contribution is 9.10. The van der Waals surface area contributed by atoms with Gasteiger partial charge < -0.3 is 5.32 Å². The number of anilines is 1. The van der Waals surface area contributed by atoms with Crippen molar-refractivity contribution in [3.8, 4) is 0 Å². The minimum absolute atomic E-state index is 0.0328. The molecular weight excluding hydrogens is 314 g/mol. The van der Waals surface area contributed by atoms with Gasteiger partial charge in [0.1, 0.15) is 16.2 Å². The molecule has 1 saturated carbocycles. The lowest BCUT2D eigenvalue weighted by Gasteiger charge is -2.34. The fraction of sp³-hybridized carbons (Fsp3) is 0.750. The highest BCUT2D eigenvalue weighted by Crippen LogP contribution is 2.35. The minimum Gasteiger partial charge on any atom is -0.369 e. The SMILES string of the molecule is CC1(CNc2cc(Br)nc(C(C)(C)C)n2)CCCCC1. The van der Waals surface area contributed by atoms with E-state index in [1.54, 1.807) is 0 Å². The van der Waals surface area contributed by atoms with E-state index in [4.69, 9.17) is 0 Å². The van der Waals surface area contributed by atoms with Crippen LogP contribution in [0.25, 0.3) is 0 Å². The number of hydrogen-bond acceptors (Lipinski definition) is 3. The molecule has 20 heavy (non-hydrogen) atoms. The lowest BCUT2D eigenvalue weighted by molar-refractivity contribution is 0.233. The van der Waals surface area contributed by atoms with Crippen LogP contribution >= 0.6 is 15.9 Å². The minimum atomic E-state index is -0.0328. The smallest absolute Gasteiger partial charge is 0.137 e. The van der Waals surface area contributed by atoms with E-state index in [2.05, 4.69) is 58.9 Å². The monoisotopic (exact) mass is 339 g/mol. The molecule has 3 nitrogen and oxygen atoms in total. The van der Waals surface area contributed by atoms with E-state index < -0.39 is 0 Å². The van der Waals surface area contributed by atoms with Gasteiger partial charge in [-0.2, -0.15) is 0 Å². The molecule has 0 spiro atoms. The zero-order valence-corrected chi connectivity index (χ0v) is 14.7. The van der Waals surface area contributed by atoms with Crippen molar-refractivity contribution < 1.29 is 0 Å². The van der Waals surface area contributed by atoms with Gasteiger partial charge in [0.25, 0.3) is 0 Å². The van der Waals surface area contributed by atoms with Crippen LogP contribution in [-0.4, -0.2) is 16.5 Å². The van der Waals surface area contributed by atoms with Gasteiger partial charge in [0.2, 0.25) is 0 Å². The summed E-state index contributed by atoms with van der Waals surface area (Å²) in [6.07, 6.45) is 6.75. The normalized spacial score (nSPS) is 18.9. The van der Waals surface area contributed by atoms with Crippen LogP contribution in [-0.2, 0) is 5.41 Å². The first-order valence-corrected chi connectivity index (χ1v) is 8.37. The van der Waals surface area contributed by atoms with Crippen LogP contribution in [0, 0.1) is 5.41 Å². The van der Waals surface area contributed by atoms with Crippen molar-refractivity contribution in [3.05, 3.63) is 16.5 Å². The van der Waals surface area contributed by atoms with E-state index in [9.17, 15) is 0 Å². The van der Waals surface area contributed by atoms with Crippen LogP contribution in [0.1, 0.15) is 65.6 Å².